The fourth-order valence-corrected chi connectivity index (χ4v) is 1.41. The number of nitrogens with zero attached hydrogens (tertiary/aromatic N) is 1. The lowest BCUT2D eigenvalue weighted by Gasteiger charge is -2.04. The van der Waals surface area contributed by atoms with Crippen molar-refractivity contribution in [3.8, 4) is 0 Å². The third-order valence-electron chi connectivity index (χ3n) is 2.32. The molecular formula is C14H13NO5. The van der Waals surface area contributed by atoms with Crippen LogP contribution in [0.3, 0.4) is 0 Å². The van der Waals surface area contributed by atoms with Gasteiger partial charge in [-0.1, -0.05) is 24.8 Å². The van der Waals surface area contributed by atoms with Gasteiger partial charge in [0, 0.05) is 12.1 Å². The van der Waals surface area contributed by atoms with Gasteiger partial charge in [-0.3, -0.25) is 14.9 Å². The largest absolute Gasteiger partial charge is 0.458 e. The van der Waals surface area contributed by atoms with Gasteiger partial charge in [-0.2, -0.15) is 0 Å². The van der Waals surface area contributed by atoms with Crippen molar-refractivity contribution < 1.29 is 19.2 Å². The van der Waals surface area contributed by atoms with E-state index in [1.54, 1.807) is 6.07 Å². The van der Waals surface area contributed by atoms with Crippen molar-refractivity contribution in [3.63, 3.8) is 0 Å². The van der Waals surface area contributed by atoms with Crippen LogP contribution in [0.15, 0.2) is 42.5 Å². The number of Topliss-reactive ketones (excluding diaryl/α,β-unsaturated/α-hetero) is 1. The van der Waals surface area contributed by atoms with Crippen molar-refractivity contribution in [1.82, 2.24) is 0 Å². The van der Waals surface area contributed by atoms with E-state index in [4.69, 9.17) is 4.74 Å². The number of nitro groups is 1. The molecule has 0 bridgehead atoms. The Morgan fingerprint density at radius 2 is 2.15 bits per heavy atom. The van der Waals surface area contributed by atoms with Gasteiger partial charge >= 0.3 is 5.97 Å². The second-order valence-electron chi connectivity index (χ2n) is 3.85. The van der Waals surface area contributed by atoms with Gasteiger partial charge in [-0.15, -0.1) is 0 Å². The van der Waals surface area contributed by atoms with Gasteiger partial charge in [-0.05, 0) is 18.6 Å². The van der Waals surface area contributed by atoms with E-state index in [9.17, 15) is 19.7 Å². The number of hydrogen-bond acceptors (Lipinski definition) is 5. The van der Waals surface area contributed by atoms with Crippen LogP contribution in [-0.2, 0) is 14.3 Å². The lowest BCUT2D eigenvalue weighted by atomic mass is 10.1. The number of benzene rings is 1. The Morgan fingerprint density at radius 1 is 1.45 bits per heavy atom. The molecule has 0 aromatic heterocycles. The standard InChI is InChI=1S/C14H13NO5/c1-3-7-20-14(17)13(10(2)16)9-11-5-4-6-12(8-11)15(18)19/h3-6,8-9H,1,7H2,2H3/b13-9+. The molecule has 1 aromatic carbocycles. The Bertz CT molecular complexity index is 589. The summed E-state index contributed by atoms with van der Waals surface area (Å²) in [6.07, 6.45) is 2.64. The summed E-state index contributed by atoms with van der Waals surface area (Å²) in [6, 6.07) is 5.61. The third kappa shape index (κ3) is 4.16. The molecule has 0 amide bonds. The molecule has 0 atom stereocenters. The number of carbonyl (C=O) groups excluding carboxylic acids is 2. The predicted octanol–water partition coefficient (Wildman–Crippen LogP) is 2.30. The zero-order valence-corrected chi connectivity index (χ0v) is 10.9. The second-order valence-corrected chi connectivity index (χ2v) is 3.85. The van der Waals surface area contributed by atoms with Crippen LogP contribution >= 0.6 is 0 Å². The fraction of sp³-hybridized carbons (Fsp3) is 0.143. The van der Waals surface area contributed by atoms with Crippen molar-refractivity contribution in [3.05, 3.63) is 58.2 Å². The number of carbonyl (C=O) groups is 2. The first-order valence-electron chi connectivity index (χ1n) is 5.71. The second kappa shape index (κ2) is 6.98. The van der Waals surface area contributed by atoms with Gasteiger partial charge < -0.3 is 4.74 Å². The Kier molecular flexibility index (Phi) is 5.34. The van der Waals surface area contributed by atoms with Gasteiger partial charge in [0.15, 0.2) is 5.78 Å². The first-order chi connectivity index (χ1) is 9.45. The number of ketones is 1. The predicted molar refractivity (Wildman–Crippen MR) is 72.9 cm³/mol. The summed E-state index contributed by atoms with van der Waals surface area (Å²) < 4.78 is 4.78. The highest BCUT2D eigenvalue weighted by Gasteiger charge is 2.16. The summed E-state index contributed by atoms with van der Waals surface area (Å²) in [6.45, 7) is 4.60. The van der Waals surface area contributed by atoms with Crippen LogP contribution in [0.4, 0.5) is 5.69 Å². The maximum atomic E-state index is 11.7. The van der Waals surface area contributed by atoms with Crippen molar-refractivity contribution in [2.45, 2.75) is 6.92 Å². The summed E-state index contributed by atoms with van der Waals surface area (Å²) in [5.74, 6) is -1.27. The van der Waals surface area contributed by atoms with E-state index in [2.05, 4.69) is 6.58 Å². The molecule has 0 N–H and O–H groups in total. The average molecular weight is 275 g/mol. The highest BCUT2D eigenvalue weighted by Crippen LogP contribution is 2.16. The molecule has 0 spiro atoms. The molecular weight excluding hydrogens is 262 g/mol. The number of non-ortho nitro benzene ring substituents is 1. The van der Waals surface area contributed by atoms with Crippen molar-refractivity contribution in [1.29, 1.82) is 0 Å². The van der Waals surface area contributed by atoms with Crippen LogP contribution < -0.4 is 0 Å². The summed E-state index contributed by atoms with van der Waals surface area (Å²) >= 11 is 0. The quantitative estimate of drug-likeness (QED) is 0.151. The molecule has 0 saturated carbocycles. The zero-order chi connectivity index (χ0) is 15.1. The minimum absolute atomic E-state index is 0.0155. The minimum Gasteiger partial charge on any atom is -0.458 e. The monoisotopic (exact) mass is 275 g/mol. The molecule has 0 fully saturated rings. The Morgan fingerprint density at radius 3 is 2.70 bits per heavy atom. The first-order valence-corrected chi connectivity index (χ1v) is 5.71. The lowest BCUT2D eigenvalue weighted by molar-refractivity contribution is -0.384. The molecule has 1 aromatic rings. The molecule has 0 aliphatic heterocycles. The topological polar surface area (TPSA) is 86.5 Å². The fourth-order valence-electron chi connectivity index (χ4n) is 1.41. The first kappa shape index (κ1) is 15.3. The van der Waals surface area contributed by atoms with E-state index in [0.29, 0.717) is 5.56 Å². The molecule has 0 saturated heterocycles. The maximum Gasteiger partial charge on any atom is 0.342 e. The van der Waals surface area contributed by atoms with Crippen molar-refractivity contribution in [2.24, 2.45) is 0 Å². The van der Waals surface area contributed by atoms with Crippen LogP contribution in [0, 0.1) is 10.1 Å². The van der Waals surface area contributed by atoms with Gasteiger partial charge in [-0.25, -0.2) is 4.79 Å². The van der Waals surface area contributed by atoms with Crippen molar-refractivity contribution >= 4 is 23.5 Å². The SMILES string of the molecule is C=CCOC(=O)/C(=C/c1cccc([N+](=O)[O-])c1)C(C)=O. The number of nitro benzene ring substituents is 1. The van der Waals surface area contributed by atoms with E-state index in [1.165, 1.54) is 37.3 Å². The Hall–Kier alpha value is -2.76. The van der Waals surface area contributed by atoms with E-state index >= 15 is 0 Å². The number of rotatable bonds is 6. The summed E-state index contributed by atoms with van der Waals surface area (Å²) in [5.41, 5.74) is 0.0772. The lowest BCUT2D eigenvalue weighted by Crippen LogP contribution is -2.13. The van der Waals surface area contributed by atoms with Crippen LogP contribution in [0.25, 0.3) is 6.08 Å². The van der Waals surface area contributed by atoms with Gasteiger partial charge in [0.05, 0.1) is 4.92 Å². The van der Waals surface area contributed by atoms with E-state index in [1.807, 2.05) is 0 Å². The molecule has 104 valence electrons. The van der Waals surface area contributed by atoms with Crippen LogP contribution in [0.2, 0.25) is 0 Å². The molecule has 1 rings (SSSR count). The third-order valence-corrected chi connectivity index (χ3v) is 2.32. The maximum absolute atomic E-state index is 11.7. The molecule has 20 heavy (non-hydrogen) atoms. The normalized spacial score (nSPS) is 10.8. The molecule has 0 aliphatic rings. The van der Waals surface area contributed by atoms with E-state index < -0.39 is 16.7 Å². The van der Waals surface area contributed by atoms with Gasteiger partial charge in [0.25, 0.3) is 5.69 Å². The summed E-state index contributed by atoms with van der Waals surface area (Å²) in [5, 5.41) is 10.7. The molecule has 6 nitrogen and oxygen atoms in total. The molecule has 0 heterocycles. The van der Waals surface area contributed by atoms with Crippen LogP contribution in [-0.4, -0.2) is 23.3 Å². The molecule has 6 heteroatoms. The molecule has 0 aliphatic carbocycles. The van der Waals surface area contributed by atoms with E-state index in [-0.39, 0.29) is 17.9 Å². The average Bonchev–Trinajstić information content (AvgIpc) is 2.42. The number of hydrogen-bond donors (Lipinski definition) is 0. The smallest absolute Gasteiger partial charge is 0.342 e. The van der Waals surface area contributed by atoms with Gasteiger partial charge in [0.1, 0.15) is 12.2 Å². The summed E-state index contributed by atoms with van der Waals surface area (Å²) in [7, 11) is 0. The minimum atomic E-state index is -0.788. The van der Waals surface area contributed by atoms with Crippen LogP contribution in [0.5, 0.6) is 0 Å². The highest BCUT2D eigenvalue weighted by molar-refractivity contribution is 6.19. The Balaban J connectivity index is 3.11. The van der Waals surface area contributed by atoms with Gasteiger partial charge in [0.2, 0.25) is 0 Å². The zero-order valence-electron chi connectivity index (χ0n) is 10.9. The number of esters is 1. The highest BCUT2D eigenvalue weighted by atomic mass is 16.6. The molecule has 0 radical (unpaired) electrons. The Labute approximate surface area is 115 Å². The van der Waals surface area contributed by atoms with E-state index in [0.717, 1.165) is 0 Å². The van der Waals surface area contributed by atoms with Crippen molar-refractivity contribution in [2.75, 3.05) is 6.61 Å². The number of ether oxygens (including phenoxy) is 1. The molecule has 0 unspecified atom stereocenters. The van der Waals surface area contributed by atoms with Crippen LogP contribution in [0.1, 0.15) is 12.5 Å². The summed E-state index contributed by atoms with van der Waals surface area (Å²) in [4.78, 5) is 33.2.